The highest BCUT2D eigenvalue weighted by atomic mass is 16.5. The molecule has 2 aliphatic heterocycles. The summed E-state index contributed by atoms with van der Waals surface area (Å²) in [5.41, 5.74) is 2.63. The summed E-state index contributed by atoms with van der Waals surface area (Å²) in [6, 6.07) is 5.99. The van der Waals surface area contributed by atoms with Crippen LogP contribution in [0.4, 0.5) is 5.82 Å². The maximum absolute atomic E-state index is 12.6. The number of ether oxygens (including phenoxy) is 1. The molecular weight excluding hydrogens is 434 g/mol. The summed E-state index contributed by atoms with van der Waals surface area (Å²) in [4.78, 5) is 33.3. The van der Waals surface area contributed by atoms with Gasteiger partial charge in [0.25, 0.3) is 0 Å². The number of carbonyl (C=O) groups excluding carboxylic acids is 2. The van der Waals surface area contributed by atoms with E-state index < -0.39 is 17.4 Å². The minimum absolute atomic E-state index is 0.0520. The number of hydrogen-bond acceptors (Lipinski definition) is 7. The number of nitrogens with zero attached hydrogens (tertiary/aromatic N) is 4. The molecule has 1 fully saturated rings. The first-order valence-corrected chi connectivity index (χ1v) is 11.7. The molecule has 1 N–H and O–H groups in total. The number of piperazine rings is 1. The number of rotatable bonds is 4. The molecule has 0 aliphatic carbocycles. The van der Waals surface area contributed by atoms with Gasteiger partial charge in [0.15, 0.2) is 5.76 Å². The van der Waals surface area contributed by atoms with Gasteiger partial charge in [-0.15, -0.1) is 0 Å². The summed E-state index contributed by atoms with van der Waals surface area (Å²) >= 11 is 0. The van der Waals surface area contributed by atoms with Crippen molar-refractivity contribution in [2.75, 3.05) is 31.1 Å². The highest BCUT2D eigenvalue weighted by Gasteiger charge is 2.35. The molecule has 0 saturated carbocycles. The van der Waals surface area contributed by atoms with Gasteiger partial charge in [-0.2, -0.15) is 5.26 Å². The van der Waals surface area contributed by atoms with Gasteiger partial charge < -0.3 is 24.3 Å². The quantitative estimate of drug-likeness (QED) is 0.691. The number of carbonyl (C=O) groups is 2. The van der Waals surface area contributed by atoms with Crippen molar-refractivity contribution in [1.82, 2.24) is 15.2 Å². The lowest BCUT2D eigenvalue weighted by Crippen LogP contribution is -2.53. The highest BCUT2D eigenvalue weighted by molar-refractivity contribution is 6.35. The molecule has 4 heterocycles. The topological polar surface area (TPSA) is 112 Å². The predicted octanol–water partition coefficient (Wildman–Crippen LogP) is 2.63. The Labute approximate surface area is 199 Å². The molecule has 0 bridgehead atoms. The van der Waals surface area contributed by atoms with Gasteiger partial charge in [0, 0.05) is 44.2 Å². The Bertz CT molecular complexity index is 1110. The van der Waals surface area contributed by atoms with E-state index in [2.05, 4.69) is 11.4 Å². The molecule has 34 heavy (non-hydrogen) atoms. The third kappa shape index (κ3) is 4.64. The molecular formula is C25H31N5O4. The molecule has 0 radical (unpaired) electrons. The van der Waals surface area contributed by atoms with Crippen LogP contribution in [0.25, 0.3) is 11.5 Å². The zero-order valence-electron chi connectivity index (χ0n) is 20.2. The third-order valence-corrected chi connectivity index (χ3v) is 6.52. The van der Waals surface area contributed by atoms with Gasteiger partial charge in [0.05, 0.1) is 24.0 Å². The Morgan fingerprint density at radius 2 is 2.00 bits per heavy atom. The number of aromatic nitrogens is 1. The molecule has 2 aromatic rings. The van der Waals surface area contributed by atoms with Crippen LogP contribution < -0.4 is 10.2 Å². The van der Waals surface area contributed by atoms with Crippen molar-refractivity contribution in [2.45, 2.75) is 58.8 Å². The van der Waals surface area contributed by atoms with Gasteiger partial charge in [0.2, 0.25) is 0 Å². The Kier molecular flexibility index (Phi) is 6.62. The summed E-state index contributed by atoms with van der Waals surface area (Å²) in [7, 11) is 0. The number of nitriles is 1. The maximum atomic E-state index is 12.6. The SMILES string of the molecule is CC[C@@H](C)NC(=O)C(=O)N1CCN(c2nc(-c3ccco3)c3c(c2C#N)CC(C)(C)OC3)CC1. The van der Waals surface area contributed by atoms with Crippen LogP contribution in [0.1, 0.15) is 50.8 Å². The van der Waals surface area contributed by atoms with Crippen molar-refractivity contribution in [2.24, 2.45) is 0 Å². The summed E-state index contributed by atoms with van der Waals surface area (Å²) in [5, 5.41) is 12.8. The average molecular weight is 466 g/mol. The van der Waals surface area contributed by atoms with E-state index in [1.54, 1.807) is 11.2 Å². The number of nitrogens with one attached hydrogen (secondary N) is 1. The molecule has 0 spiro atoms. The monoisotopic (exact) mass is 465 g/mol. The van der Waals surface area contributed by atoms with Crippen molar-refractivity contribution < 1.29 is 18.7 Å². The molecule has 2 aromatic heterocycles. The molecule has 0 unspecified atom stereocenters. The van der Waals surface area contributed by atoms with E-state index in [0.29, 0.717) is 62.0 Å². The molecule has 9 heteroatoms. The fraction of sp³-hybridized carbons (Fsp3) is 0.520. The summed E-state index contributed by atoms with van der Waals surface area (Å²) < 4.78 is 11.7. The number of pyridine rings is 1. The van der Waals surface area contributed by atoms with Gasteiger partial charge in [-0.3, -0.25) is 9.59 Å². The fourth-order valence-corrected chi connectivity index (χ4v) is 4.37. The molecule has 4 rings (SSSR count). The molecule has 1 saturated heterocycles. The van der Waals surface area contributed by atoms with E-state index in [-0.39, 0.29) is 6.04 Å². The van der Waals surface area contributed by atoms with Gasteiger partial charge in [-0.1, -0.05) is 6.92 Å². The largest absolute Gasteiger partial charge is 0.463 e. The Balaban J connectivity index is 1.62. The first-order valence-electron chi connectivity index (χ1n) is 11.7. The van der Waals surface area contributed by atoms with Crippen molar-refractivity contribution in [3.05, 3.63) is 35.1 Å². The van der Waals surface area contributed by atoms with E-state index in [4.69, 9.17) is 14.1 Å². The van der Waals surface area contributed by atoms with Gasteiger partial charge in [0.1, 0.15) is 17.6 Å². The highest BCUT2D eigenvalue weighted by Crippen LogP contribution is 2.39. The van der Waals surface area contributed by atoms with Gasteiger partial charge in [-0.25, -0.2) is 4.98 Å². The van der Waals surface area contributed by atoms with Crippen molar-refractivity contribution in [1.29, 1.82) is 5.26 Å². The van der Waals surface area contributed by atoms with Crippen molar-refractivity contribution >= 4 is 17.6 Å². The van der Waals surface area contributed by atoms with Crippen LogP contribution in [0.2, 0.25) is 0 Å². The second-order valence-corrected chi connectivity index (χ2v) is 9.49. The summed E-state index contributed by atoms with van der Waals surface area (Å²) in [6.45, 7) is 9.90. The van der Waals surface area contributed by atoms with Crippen molar-refractivity contribution in [3.8, 4) is 17.5 Å². The smallest absolute Gasteiger partial charge is 0.312 e. The van der Waals surface area contributed by atoms with E-state index in [9.17, 15) is 14.9 Å². The molecule has 2 amide bonds. The van der Waals surface area contributed by atoms with Crippen LogP contribution >= 0.6 is 0 Å². The molecule has 0 aromatic carbocycles. The molecule has 180 valence electrons. The van der Waals surface area contributed by atoms with Crippen LogP contribution in [0.5, 0.6) is 0 Å². The zero-order chi connectivity index (χ0) is 24.5. The lowest BCUT2D eigenvalue weighted by atomic mass is 9.87. The van der Waals surface area contributed by atoms with Crippen LogP contribution in [0, 0.1) is 11.3 Å². The number of fused-ring (bicyclic) bond motifs is 1. The minimum Gasteiger partial charge on any atom is -0.463 e. The zero-order valence-corrected chi connectivity index (χ0v) is 20.2. The minimum atomic E-state index is -0.574. The van der Waals surface area contributed by atoms with Gasteiger partial charge >= 0.3 is 11.8 Å². The molecule has 9 nitrogen and oxygen atoms in total. The van der Waals surface area contributed by atoms with Gasteiger partial charge in [-0.05, 0) is 44.9 Å². The average Bonchev–Trinajstić information content (AvgIpc) is 3.36. The summed E-state index contributed by atoms with van der Waals surface area (Å²) in [5.74, 6) is 0.117. The predicted molar refractivity (Wildman–Crippen MR) is 126 cm³/mol. The molecule has 2 aliphatic rings. The second-order valence-electron chi connectivity index (χ2n) is 9.49. The maximum Gasteiger partial charge on any atom is 0.312 e. The first-order chi connectivity index (χ1) is 16.2. The number of amides is 2. The van der Waals surface area contributed by atoms with Crippen LogP contribution in [0.15, 0.2) is 22.8 Å². The normalized spacial score (nSPS) is 18.1. The Morgan fingerprint density at radius 1 is 1.26 bits per heavy atom. The number of furan rings is 1. The molecule has 1 atom stereocenters. The number of hydrogen-bond donors (Lipinski definition) is 1. The second kappa shape index (κ2) is 9.47. The Morgan fingerprint density at radius 3 is 2.62 bits per heavy atom. The fourth-order valence-electron chi connectivity index (χ4n) is 4.37. The summed E-state index contributed by atoms with van der Waals surface area (Å²) in [6.07, 6.45) is 2.94. The van der Waals surface area contributed by atoms with E-state index >= 15 is 0 Å². The van der Waals surface area contributed by atoms with E-state index in [1.165, 1.54) is 0 Å². The van der Waals surface area contributed by atoms with E-state index in [1.807, 2.05) is 44.7 Å². The van der Waals surface area contributed by atoms with E-state index in [0.717, 1.165) is 17.5 Å². The number of anilines is 1. The van der Waals surface area contributed by atoms with Crippen LogP contribution in [0.3, 0.4) is 0 Å². The standard InChI is InChI=1S/C25H31N5O4/c1-5-16(2)27-23(31)24(32)30-10-8-29(9-11-30)22-18(14-26)17-13-25(3,4)34-15-19(17)21(28-22)20-7-6-12-33-20/h6-7,12,16H,5,8-11,13,15H2,1-4H3,(H,27,31)/t16-/m1/s1. The lowest BCUT2D eigenvalue weighted by molar-refractivity contribution is -0.146. The first kappa shape index (κ1) is 23.8. The van der Waals surface area contributed by atoms with Crippen molar-refractivity contribution in [3.63, 3.8) is 0 Å². The Hall–Kier alpha value is -3.38. The third-order valence-electron chi connectivity index (χ3n) is 6.52. The van der Waals surface area contributed by atoms with Crippen LogP contribution in [-0.2, 0) is 27.4 Å². The van der Waals surface area contributed by atoms with Crippen LogP contribution in [-0.4, -0.2) is 59.5 Å². The lowest BCUT2D eigenvalue weighted by Gasteiger charge is -2.38.